The Morgan fingerprint density at radius 3 is 2.59 bits per heavy atom. The molecule has 7 nitrogen and oxygen atoms in total. The summed E-state index contributed by atoms with van der Waals surface area (Å²) in [7, 11) is 0. The van der Waals surface area contributed by atoms with Crippen LogP contribution in [0.25, 0.3) is 11.1 Å². The number of ether oxygens (including phenoxy) is 1. The van der Waals surface area contributed by atoms with Gasteiger partial charge in [-0.3, -0.25) is 14.2 Å². The lowest BCUT2D eigenvalue weighted by Crippen LogP contribution is -2.22. The molecule has 0 bridgehead atoms. The highest BCUT2D eigenvalue weighted by Gasteiger charge is 2.12. The summed E-state index contributed by atoms with van der Waals surface area (Å²) in [6.07, 6.45) is 1.00. The third-order valence-electron chi connectivity index (χ3n) is 4.85. The van der Waals surface area contributed by atoms with Gasteiger partial charge in [-0.25, -0.2) is 4.79 Å². The number of esters is 1. The lowest BCUT2D eigenvalue weighted by atomic mass is 9.99. The number of aryl methyl sites for hydroxylation is 1. The van der Waals surface area contributed by atoms with Gasteiger partial charge in [-0.2, -0.15) is 0 Å². The molecule has 0 radical (unpaired) electrons. The van der Waals surface area contributed by atoms with Crippen molar-refractivity contribution >= 4 is 28.7 Å². The Morgan fingerprint density at radius 1 is 1.14 bits per heavy atom. The highest BCUT2D eigenvalue weighted by molar-refractivity contribution is 5.92. The molecule has 3 rings (SSSR count). The number of aromatic nitrogens is 1. The molecule has 0 spiro atoms. The van der Waals surface area contributed by atoms with E-state index >= 15 is 0 Å². The molecule has 0 saturated heterocycles. The fourth-order valence-electron chi connectivity index (χ4n) is 2.97. The topological polar surface area (TPSA) is 90.5 Å². The average molecular weight is 396 g/mol. The Balaban J connectivity index is 1.47. The summed E-state index contributed by atoms with van der Waals surface area (Å²) in [4.78, 5) is 35.8. The largest absolute Gasteiger partial charge is 0.456 e. The second kappa shape index (κ2) is 9.23. The number of anilines is 1. The van der Waals surface area contributed by atoms with E-state index in [1.165, 1.54) is 10.1 Å². The van der Waals surface area contributed by atoms with E-state index in [4.69, 9.17) is 9.15 Å². The number of carbonyl (C=O) groups is 2. The third-order valence-corrected chi connectivity index (χ3v) is 4.85. The summed E-state index contributed by atoms with van der Waals surface area (Å²) >= 11 is 0. The molecule has 1 amide bonds. The van der Waals surface area contributed by atoms with Crippen molar-refractivity contribution in [3.8, 4) is 0 Å². The summed E-state index contributed by atoms with van der Waals surface area (Å²) in [5, 5.41) is 2.70. The Morgan fingerprint density at radius 2 is 1.86 bits per heavy atom. The number of benzene rings is 2. The fourth-order valence-corrected chi connectivity index (χ4v) is 2.97. The molecule has 0 aliphatic rings. The van der Waals surface area contributed by atoms with Crippen LogP contribution in [0.4, 0.5) is 5.69 Å². The van der Waals surface area contributed by atoms with Crippen molar-refractivity contribution in [1.82, 2.24) is 4.57 Å². The van der Waals surface area contributed by atoms with Crippen molar-refractivity contribution in [3.05, 3.63) is 64.6 Å². The predicted octanol–water partition coefficient (Wildman–Crippen LogP) is 3.68. The second-order valence-electron chi connectivity index (χ2n) is 6.88. The van der Waals surface area contributed by atoms with Crippen LogP contribution in [0.3, 0.4) is 0 Å². The fraction of sp³-hybridized carbons (Fsp3) is 0.318. The molecule has 0 aliphatic heterocycles. The lowest BCUT2D eigenvalue weighted by molar-refractivity contribution is -0.147. The van der Waals surface area contributed by atoms with Gasteiger partial charge in [-0.1, -0.05) is 38.1 Å². The number of fused-ring (bicyclic) bond motifs is 1. The molecule has 152 valence electrons. The molecule has 1 N–H and O–H groups in total. The van der Waals surface area contributed by atoms with Gasteiger partial charge in [0.25, 0.3) is 5.91 Å². The number of hydrogen-bond acceptors (Lipinski definition) is 5. The summed E-state index contributed by atoms with van der Waals surface area (Å²) in [5.41, 5.74) is 2.93. The van der Waals surface area contributed by atoms with E-state index in [1.807, 2.05) is 24.3 Å². The van der Waals surface area contributed by atoms with E-state index < -0.39 is 17.6 Å². The number of oxazole rings is 1. The van der Waals surface area contributed by atoms with E-state index in [0.717, 1.165) is 6.42 Å². The minimum absolute atomic E-state index is 0.0414. The molecular formula is C22H24N2O5. The highest BCUT2D eigenvalue weighted by atomic mass is 16.5. The number of rotatable bonds is 8. The molecule has 0 aliphatic carbocycles. The van der Waals surface area contributed by atoms with Gasteiger partial charge in [0.05, 0.1) is 11.9 Å². The first-order valence-electron chi connectivity index (χ1n) is 9.61. The van der Waals surface area contributed by atoms with Crippen LogP contribution in [0.2, 0.25) is 0 Å². The van der Waals surface area contributed by atoms with Gasteiger partial charge < -0.3 is 14.5 Å². The average Bonchev–Trinajstić information content (AvgIpc) is 3.05. The second-order valence-corrected chi connectivity index (χ2v) is 6.88. The molecule has 29 heavy (non-hydrogen) atoms. The van der Waals surface area contributed by atoms with Crippen molar-refractivity contribution in [1.29, 1.82) is 0 Å². The van der Waals surface area contributed by atoms with Gasteiger partial charge in [-0.05, 0) is 42.2 Å². The normalized spacial score (nSPS) is 11.9. The minimum atomic E-state index is -0.565. The SMILES string of the molecule is CC[C@H](C)c1ccc(NC(=O)COC(=O)CCn2c(=O)oc3ccccc32)cc1. The molecule has 1 atom stereocenters. The van der Waals surface area contributed by atoms with E-state index in [-0.39, 0.29) is 19.6 Å². The van der Waals surface area contributed by atoms with E-state index in [1.54, 1.807) is 24.3 Å². The van der Waals surface area contributed by atoms with Crippen LogP contribution >= 0.6 is 0 Å². The Labute approximate surface area is 168 Å². The monoisotopic (exact) mass is 396 g/mol. The van der Waals surface area contributed by atoms with Gasteiger partial charge in [0.1, 0.15) is 0 Å². The maximum absolute atomic E-state index is 12.0. The molecule has 1 aromatic heterocycles. The standard InChI is InChI=1S/C22H24N2O5/c1-3-15(2)16-8-10-17(11-9-16)23-20(25)14-28-21(26)12-13-24-18-6-4-5-7-19(18)29-22(24)27/h4-11,15H,3,12-14H2,1-2H3,(H,23,25)/t15-/m0/s1. The van der Waals surface area contributed by atoms with E-state index in [9.17, 15) is 14.4 Å². The predicted molar refractivity (Wildman–Crippen MR) is 110 cm³/mol. The number of amides is 1. The first-order chi connectivity index (χ1) is 14.0. The molecule has 7 heteroatoms. The first kappa shape index (κ1) is 20.4. The molecule has 2 aromatic carbocycles. The van der Waals surface area contributed by atoms with Gasteiger partial charge in [0.2, 0.25) is 0 Å². The Bertz CT molecular complexity index is 1050. The van der Waals surface area contributed by atoms with Gasteiger partial charge >= 0.3 is 11.7 Å². The van der Waals surface area contributed by atoms with Crippen molar-refractivity contribution < 1.29 is 18.7 Å². The molecule has 1 heterocycles. The van der Waals surface area contributed by atoms with Gasteiger partial charge in [-0.15, -0.1) is 0 Å². The van der Waals surface area contributed by atoms with Gasteiger partial charge in [0, 0.05) is 12.2 Å². The zero-order valence-corrected chi connectivity index (χ0v) is 16.5. The van der Waals surface area contributed by atoms with Crippen molar-refractivity contribution in [2.24, 2.45) is 0 Å². The zero-order chi connectivity index (χ0) is 20.8. The Kier molecular flexibility index (Phi) is 6.49. The number of nitrogens with zero attached hydrogens (tertiary/aromatic N) is 1. The number of carbonyl (C=O) groups excluding carboxylic acids is 2. The molecule has 0 saturated carbocycles. The van der Waals surface area contributed by atoms with Crippen molar-refractivity contribution in [2.45, 2.75) is 39.2 Å². The first-order valence-corrected chi connectivity index (χ1v) is 9.61. The number of nitrogens with one attached hydrogen (secondary N) is 1. The van der Waals surface area contributed by atoms with Crippen molar-refractivity contribution in [2.75, 3.05) is 11.9 Å². The summed E-state index contributed by atoms with van der Waals surface area (Å²) < 4.78 is 11.5. The zero-order valence-electron chi connectivity index (χ0n) is 16.5. The lowest BCUT2D eigenvalue weighted by Gasteiger charge is -2.10. The molecule has 0 unspecified atom stereocenters. The third kappa shape index (κ3) is 5.13. The summed E-state index contributed by atoms with van der Waals surface area (Å²) in [6.45, 7) is 4.01. The van der Waals surface area contributed by atoms with Crippen LogP contribution < -0.4 is 11.1 Å². The Hall–Kier alpha value is -3.35. The number of para-hydroxylation sites is 2. The maximum Gasteiger partial charge on any atom is 0.419 e. The molecular weight excluding hydrogens is 372 g/mol. The van der Waals surface area contributed by atoms with Crippen LogP contribution in [0.1, 0.15) is 38.2 Å². The molecule has 0 fully saturated rings. The smallest absolute Gasteiger partial charge is 0.419 e. The van der Waals surface area contributed by atoms with Crippen molar-refractivity contribution in [3.63, 3.8) is 0 Å². The van der Waals surface area contributed by atoms with Crippen LogP contribution in [-0.4, -0.2) is 23.1 Å². The minimum Gasteiger partial charge on any atom is -0.456 e. The summed E-state index contributed by atoms with van der Waals surface area (Å²) in [6, 6.07) is 14.6. The van der Waals surface area contributed by atoms with E-state index in [2.05, 4.69) is 19.2 Å². The molecule has 3 aromatic rings. The number of hydrogen-bond donors (Lipinski definition) is 1. The van der Waals surface area contributed by atoms with E-state index in [0.29, 0.717) is 22.7 Å². The summed E-state index contributed by atoms with van der Waals surface area (Å²) in [5.74, 6) is -1.05. The van der Waals surface area contributed by atoms with Crippen LogP contribution in [0.15, 0.2) is 57.7 Å². The van der Waals surface area contributed by atoms with Crippen LogP contribution in [0.5, 0.6) is 0 Å². The quantitative estimate of drug-likeness (QED) is 0.587. The highest BCUT2D eigenvalue weighted by Crippen LogP contribution is 2.20. The van der Waals surface area contributed by atoms with Crippen LogP contribution in [-0.2, 0) is 20.9 Å². The maximum atomic E-state index is 12.0. The van der Waals surface area contributed by atoms with Crippen LogP contribution in [0, 0.1) is 0 Å². The van der Waals surface area contributed by atoms with Gasteiger partial charge in [0.15, 0.2) is 12.2 Å².